The van der Waals surface area contributed by atoms with Crippen molar-refractivity contribution in [3.05, 3.63) is 82.8 Å². The number of nitrogens with one attached hydrogen (secondary N) is 1. The van der Waals surface area contributed by atoms with Crippen molar-refractivity contribution in [3.8, 4) is 11.1 Å². The molecule has 1 fully saturated rings. The van der Waals surface area contributed by atoms with Gasteiger partial charge in [0.25, 0.3) is 0 Å². The number of sulfonamides is 1. The molecule has 0 amide bonds. The van der Waals surface area contributed by atoms with Gasteiger partial charge in [0.1, 0.15) is 0 Å². The zero-order valence-electron chi connectivity index (χ0n) is 19.4. The van der Waals surface area contributed by atoms with E-state index in [1.807, 2.05) is 24.3 Å². The molecular weight excluding hydrogens is 498 g/mol. The van der Waals surface area contributed by atoms with E-state index in [1.54, 1.807) is 28.0 Å². The molecule has 8 heteroatoms. The molecule has 5 rings (SSSR count). The molecule has 4 aromatic rings. The molecule has 0 aliphatic carbocycles. The standard InChI is InChI=1S/C27H28ClN3O2S2/c28-25-16-21(6-8-24(25)22-4-2-1-3-5-22)18-29-13-10-20-11-14-31(15-12-20)35(32,33)23-7-9-26-27(17-23)34-19-30-26/h1-9,16-17,19-20,29H,10-15,18H2. The summed E-state index contributed by atoms with van der Waals surface area (Å²) in [5, 5.41) is 4.28. The summed E-state index contributed by atoms with van der Waals surface area (Å²) in [6, 6.07) is 21.6. The van der Waals surface area contributed by atoms with Crippen LogP contribution in [0.25, 0.3) is 21.3 Å². The third kappa shape index (κ3) is 5.60. The van der Waals surface area contributed by atoms with Gasteiger partial charge in [0.15, 0.2) is 0 Å². The lowest BCUT2D eigenvalue weighted by atomic mass is 9.95. The zero-order chi connectivity index (χ0) is 24.3. The van der Waals surface area contributed by atoms with Gasteiger partial charge >= 0.3 is 0 Å². The van der Waals surface area contributed by atoms with Gasteiger partial charge in [-0.3, -0.25) is 0 Å². The number of halogens is 1. The van der Waals surface area contributed by atoms with E-state index in [1.165, 1.54) is 11.3 Å². The molecule has 0 unspecified atom stereocenters. The molecule has 0 bridgehead atoms. The minimum Gasteiger partial charge on any atom is -0.313 e. The van der Waals surface area contributed by atoms with Crippen LogP contribution in [0.3, 0.4) is 0 Å². The number of benzene rings is 3. The van der Waals surface area contributed by atoms with Crippen LogP contribution in [0.2, 0.25) is 5.02 Å². The number of aromatic nitrogens is 1. The van der Waals surface area contributed by atoms with Gasteiger partial charge < -0.3 is 5.32 Å². The predicted molar refractivity (Wildman–Crippen MR) is 144 cm³/mol. The summed E-state index contributed by atoms with van der Waals surface area (Å²) in [6.07, 6.45) is 2.82. The molecule has 1 aromatic heterocycles. The van der Waals surface area contributed by atoms with Crippen LogP contribution in [-0.4, -0.2) is 37.3 Å². The van der Waals surface area contributed by atoms with Crippen LogP contribution in [0.1, 0.15) is 24.8 Å². The molecule has 0 atom stereocenters. The lowest BCUT2D eigenvalue weighted by Crippen LogP contribution is -2.39. The van der Waals surface area contributed by atoms with Crippen molar-refractivity contribution in [2.75, 3.05) is 19.6 Å². The number of fused-ring (bicyclic) bond motifs is 1. The summed E-state index contributed by atoms with van der Waals surface area (Å²) in [5.41, 5.74) is 5.91. The first-order chi connectivity index (χ1) is 17.0. The Morgan fingerprint density at radius 3 is 2.60 bits per heavy atom. The second-order valence-electron chi connectivity index (χ2n) is 8.98. The molecule has 3 aromatic carbocycles. The van der Waals surface area contributed by atoms with Crippen LogP contribution in [0.15, 0.2) is 77.1 Å². The Kier molecular flexibility index (Phi) is 7.51. The number of rotatable bonds is 8. The van der Waals surface area contributed by atoms with Crippen LogP contribution >= 0.6 is 22.9 Å². The first-order valence-corrected chi connectivity index (χ1v) is 14.6. The minimum absolute atomic E-state index is 0.367. The second-order valence-corrected chi connectivity index (χ2v) is 12.2. The highest BCUT2D eigenvalue weighted by Gasteiger charge is 2.29. The number of thiazole rings is 1. The summed E-state index contributed by atoms with van der Waals surface area (Å²) in [5.74, 6) is 0.530. The molecule has 5 nitrogen and oxygen atoms in total. The van der Waals surface area contributed by atoms with Gasteiger partial charge in [0, 0.05) is 30.2 Å². The van der Waals surface area contributed by atoms with E-state index in [2.05, 4.69) is 34.6 Å². The maximum Gasteiger partial charge on any atom is 0.243 e. The smallest absolute Gasteiger partial charge is 0.243 e. The lowest BCUT2D eigenvalue weighted by Gasteiger charge is -2.31. The average Bonchev–Trinajstić information content (AvgIpc) is 3.36. The fraction of sp³-hybridized carbons (Fsp3) is 0.296. The van der Waals surface area contributed by atoms with Gasteiger partial charge in [-0.25, -0.2) is 13.4 Å². The van der Waals surface area contributed by atoms with Crippen LogP contribution in [-0.2, 0) is 16.6 Å². The Morgan fingerprint density at radius 2 is 1.83 bits per heavy atom. The quantitative estimate of drug-likeness (QED) is 0.278. The normalized spacial score (nSPS) is 15.6. The van der Waals surface area contributed by atoms with E-state index in [-0.39, 0.29) is 0 Å². The van der Waals surface area contributed by atoms with E-state index >= 15 is 0 Å². The van der Waals surface area contributed by atoms with Crippen molar-refractivity contribution < 1.29 is 8.42 Å². The maximum absolute atomic E-state index is 13.1. The summed E-state index contributed by atoms with van der Waals surface area (Å²) in [6.45, 7) is 2.81. The molecule has 1 N–H and O–H groups in total. The largest absolute Gasteiger partial charge is 0.313 e. The monoisotopic (exact) mass is 525 g/mol. The molecular formula is C27H28ClN3O2S2. The number of hydrogen-bond donors (Lipinski definition) is 1. The number of piperidine rings is 1. The summed E-state index contributed by atoms with van der Waals surface area (Å²) in [4.78, 5) is 4.60. The van der Waals surface area contributed by atoms with Crippen molar-refractivity contribution in [1.82, 2.24) is 14.6 Å². The van der Waals surface area contributed by atoms with Crippen LogP contribution in [0.5, 0.6) is 0 Å². The van der Waals surface area contributed by atoms with Gasteiger partial charge in [-0.1, -0.05) is 54.1 Å². The van der Waals surface area contributed by atoms with Crippen molar-refractivity contribution in [3.63, 3.8) is 0 Å². The third-order valence-corrected chi connectivity index (χ3v) is 9.69. The van der Waals surface area contributed by atoms with E-state index in [0.717, 1.165) is 64.3 Å². The fourth-order valence-electron chi connectivity index (χ4n) is 4.64. The Balaban J connectivity index is 1.08. The predicted octanol–water partition coefficient (Wildman–Crippen LogP) is 6.20. The SMILES string of the molecule is O=S(=O)(c1ccc2ncsc2c1)N1CCC(CCNCc2ccc(-c3ccccc3)c(Cl)c2)CC1. The third-order valence-electron chi connectivity index (χ3n) is 6.69. The number of nitrogens with zero attached hydrogens (tertiary/aromatic N) is 2. The van der Waals surface area contributed by atoms with Gasteiger partial charge in [-0.15, -0.1) is 11.3 Å². The molecule has 0 spiro atoms. The fourth-order valence-corrected chi connectivity index (χ4v) is 7.24. The van der Waals surface area contributed by atoms with Crippen LogP contribution < -0.4 is 5.32 Å². The summed E-state index contributed by atoms with van der Waals surface area (Å²) >= 11 is 8.00. The zero-order valence-corrected chi connectivity index (χ0v) is 21.7. The van der Waals surface area contributed by atoms with E-state index in [0.29, 0.717) is 23.9 Å². The molecule has 2 heterocycles. The maximum atomic E-state index is 13.1. The van der Waals surface area contributed by atoms with Gasteiger partial charge in [-0.2, -0.15) is 4.31 Å². The Morgan fingerprint density at radius 1 is 1.03 bits per heavy atom. The molecule has 0 saturated carbocycles. The molecule has 0 radical (unpaired) electrons. The van der Waals surface area contributed by atoms with E-state index in [9.17, 15) is 8.42 Å². The van der Waals surface area contributed by atoms with Gasteiger partial charge in [0.2, 0.25) is 10.0 Å². The second kappa shape index (κ2) is 10.8. The van der Waals surface area contributed by atoms with Crippen molar-refractivity contribution in [2.45, 2.75) is 30.7 Å². The van der Waals surface area contributed by atoms with Crippen molar-refractivity contribution in [2.24, 2.45) is 5.92 Å². The molecule has 35 heavy (non-hydrogen) atoms. The Labute approximate surface area is 215 Å². The lowest BCUT2D eigenvalue weighted by molar-refractivity contribution is 0.262. The van der Waals surface area contributed by atoms with Crippen LogP contribution in [0, 0.1) is 5.92 Å². The summed E-state index contributed by atoms with van der Waals surface area (Å²) in [7, 11) is -3.46. The molecule has 1 saturated heterocycles. The van der Waals surface area contributed by atoms with Gasteiger partial charge in [-0.05, 0) is 67.1 Å². The van der Waals surface area contributed by atoms with Gasteiger partial charge in [0.05, 0.1) is 20.6 Å². The van der Waals surface area contributed by atoms with E-state index in [4.69, 9.17) is 11.6 Å². The topological polar surface area (TPSA) is 62.3 Å². The van der Waals surface area contributed by atoms with E-state index < -0.39 is 10.0 Å². The summed E-state index contributed by atoms with van der Waals surface area (Å²) < 4.78 is 28.8. The minimum atomic E-state index is -3.46. The molecule has 1 aliphatic rings. The average molecular weight is 526 g/mol. The molecule has 182 valence electrons. The molecule has 1 aliphatic heterocycles. The first-order valence-electron chi connectivity index (χ1n) is 11.9. The highest BCUT2D eigenvalue weighted by molar-refractivity contribution is 7.89. The number of hydrogen-bond acceptors (Lipinski definition) is 5. The van der Waals surface area contributed by atoms with Crippen molar-refractivity contribution in [1.29, 1.82) is 0 Å². The van der Waals surface area contributed by atoms with Crippen LogP contribution in [0.4, 0.5) is 0 Å². The highest BCUT2D eigenvalue weighted by atomic mass is 35.5. The first kappa shape index (κ1) is 24.4. The Bertz CT molecular complexity index is 1400. The highest BCUT2D eigenvalue weighted by Crippen LogP contribution is 2.30. The van der Waals surface area contributed by atoms with Crippen molar-refractivity contribution >= 4 is 43.2 Å². The Hall–Kier alpha value is -2.29.